The highest BCUT2D eigenvalue weighted by atomic mass is 14.1. The summed E-state index contributed by atoms with van der Waals surface area (Å²) in [6.45, 7) is 4.32. The Kier molecular flexibility index (Phi) is 5.37. The van der Waals surface area contributed by atoms with Crippen molar-refractivity contribution < 1.29 is 0 Å². The number of hydrogen-bond donors (Lipinski definition) is 0. The van der Waals surface area contributed by atoms with Gasteiger partial charge in [-0.1, -0.05) is 71.2 Å². The van der Waals surface area contributed by atoms with Crippen molar-refractivity contribution in [2.24, 2.45) is 0 Å². The van der Waals surface area contributed by atoms with Crippen LogP contribution in [-0.4, -0.2) is 0 Å². The minimum atomic E-state index is 0.996. The van der Waals surface area contributed by atoms with E-state index in [1.165, 1.54) is 33.0 Å². The third kappa shape index (κ3) is 4.51. The fourth-order valence-corrected chi connectivity index (χ4v) is 4.08. The second-order valence-electron chi connectivity index (χ2n) is 8.55. The first kappa shape index (κ1) is 19.9. The molecule has 0 aliphatic heterocycles. The molecular weight excluding hydrogens is 384 g/mol. The largest absolute Gasteiger partial charge is 0.0724 e. The van der Waals surface area contributed by atoms with Crippen molar-refractivity contribution in [3.8, 4) is 23.7 Å². The van der Waals surface area contributed by atoms with Gasteiger partial charge >= 0.3 is 0 Å². The fourth-order valence-electron chi connectivity index (χ4n) is 4.08. The highest BCUT2D eigenvalue weighted by Gasteiger charge is 2.07. The Morgan fingerprint density at radius 3 is 1.84 bits per heavy atom. The van der Waals surface area contributed by atoms with Crippen LogP contribution in [0.2, 0.25) is 0 Å². The summed E-state index contributed by atoms with van der Waals surface area (Å²) in [5.41, 5.74) is 9.57. The van der Waals surface area contributed by atoms with Crippen LogP contribution < -0.4 is 0 Å². The lowest BCUT2D eigenvalue weighted by molar-refractivity contribution is 0.927. The molecule has 1 aliphatic carbocycles. The van der Waals surface area contributed by atoms with Crippen molar-refractivity contribution in [1.82, 2.24) is 0 Å². The number of rotatable bonds is 0. The van der Waals surface area contributed by atoms with Gasteiger partial charge in [-0.05, 0) is 97.1 Å². The molecule has 4 aromatic rings. The highest BCUT2D eigenvalue weighted by Crippen LogP contribution is 2.24. The van der Waals surface area contributed by atoms with Gasteiger partial charge in [-0.3, -0.25) is 0 Å². The van der Waals surface area contributed by atoms with E-state index in [1.54, 1.807) is 0 Å². The molecule has 0 unspecified atom stereocenters. The van der Waals surface area contributed by atoms with E-state index in [-0.39, 0.29) is 0 Å². The summed E-state index contributed by atoms with van der Waals surface area (Å²) >= 11 is 0. The van der Waals surface area contributed by atoms with Gasteiger partial charge in [0.1, 0.15) is 0 Å². The molecule has 0 bridgehead atoms. The van der Waals surface area contributed by atoms with Gasteiger partial charge in [0.15, 0.2) is 0 Å². The Morgan fingerprint density at radius 2 is 1.09 bits per heavy atom. The Labute approximate surface area is 190 Å². The molecule has 0 saturated carbocycles. The molecule has 0 fully saturated rings. The number of allylic oxidation sites excluding steroid dienone is 1. The zero-order valence-corrected chi connectivity index (χ0v) is 18.5. The molecule has 5 rings (SSSR count). The normalized spacial score (nSPS) is 12.1. The van der Waals surface area contributed by atoms with Gasteiger partial charge in [-0.25, -0.2) is 0 Å². The smallest absolute Gasteiger partial charge is 0.0255 e. The SMILES string of the molecule is CC1=Cc2ccc(C#Cc3ccc(C#Cc4ccc5cc(C)ccc5c4)cc3)cc2CC1. The maximum atomic E-state index is 3.31. The molecule has 4 aromatic carbocycles. The van der Waals surface area contributed by atoms with Crippen molar-refractivity contribution in [1.29, 1.82) is 0 Å². The van der Waals surface area contributed by atoms with E-state index in [9.17, 15) is 0 Å². The molecule has 0 N–H and O–H groups in total. The number of aryl methyl sites for hydroxylation is 2. The first-order chi connectivity index (χ1) is 15.6. The first-order valence-electron chi connectivity index (χ1n) is 11.1. The van der Waals surface area contributed by atoms with Crippen molar-refractivity contribution in [2.75, 3.05) is 0 Å². The van der Waals surface area contributed by atoms with Crippen LogP contribution in [-0.2, 0) is 6.42 Å². The van der Waals surface area contributed by atoms with Crippen LogP contribution >= 0.6 is 0 Å². The van der Waals surface area contributed by atoms with Crippen molar-refractivity contribution in [3.63, 3.8) is 0 Å². The molecule has 0 nitrogen and oxygen atoms in total. The second-order valence-corrected chi connectivity index (χ2v) is 8.55. The van der Waals surface area contributed by atoms with Crippen molar-refractivity contribution in [3.05, 3.63) is 123 Å². The minimum Gasteiger partial charge on any atom is -0.0724 e. The van der Waals surface area contributed by atoms with Gasteiger partial charge in [-0.15, -0.1) is 0 Å². The lowest BCUT2D eigenvalue weighted by Crippen LogP contribution is -1.97. The van der Waals surface area contributed by atoms with Crippen molar-refractivity contribution in [2.45, 2.75) is 26.7 Å². The Morgan fingerprint density at radius 1 is 0.531 bits per heavy atom. The highest BCUT2D eigenvalue weighted by molar-refractivity contribution is 5.84. The topological polar surface area (TPSA) is 0 Å². The average molecular weight is 409 g/mol. The summed E-state index contributed by atoms with van der Waals surface area (Å²) in [5.74, 6) is 13.2. The number of fused-ring (bicyclic) bond motifs is 2. The third-order valence-corrected chi connectivity index (χ3v) is 5.92. The molecule has 0 spiro atoms. The van der Waals surface area contributed by atoms with Crippen LogP contribution in [0.25, 0.3) is 16.8 Å². The zero-order chi connectivity index (χ0) is 21.9. The number of hydrogen-bond acceptors (Lipinski definition) is 0. The first-order valence-corrected chi connectivity index (χ1v) is 11.1. The van der Waals surface area contributed by atoms with Gasteiger partial charge in [-0.2, -0.15) is 0 Å². The van der Waals surface area contributed by atoms with E-state index < -0.39 is 0 Å². The predicted molar refractivity (Wildman–Crippen MR) is 136 cm³/mol. The second kappa shape index (κ2) is 8.63. The molecule has 0 aromatic heterocycles. The van der Waals surface area contributed by atoms with Crippen molar-refractivity contribution >= 4 is 16.8 Å². The predicted octanol–water partition coefficient (Wildman–Crippen LogP) is 7.30. The quantitative estimate of drug-likeness (QED) is 0.268. The number of benzene rings is 4. The molecule has 32 heavy (non-hydrogen) atoms. The summed E-state index contributed by atoms with van der Waals surface area (Å²) < 4.78 is 0. The lowest BCUT2D eigenvalue weighted by atomic mass is 9.91. The van der Waals surface area contributed by atoms with Crippen LogP contribution in [0.1, 0.15) is 52.3 Å². The van der Waals surface area contributed by atoms with Crippen LogP contribution in [0, 0.1) is 30.6 Å². The van der Waals surface area contributed by atoms with Gasteiger partial charge in [0.25, 0.3) is 0 Å². The van der Waals surface area contributed by atoms with Crippen LogP contribution in [0.4, 0.5) is 0 Å². The molecule has 0 amide bonds. The van der Waals surface area contributed by atoms with E-state index in [2.05, 4.69) is 98.2 Å². The molecule has 1 aliphatic rings. The zero-order valence-electron chi connectivity index (χ0n) is 18.5. The van der Waals surface area contributed by atoms with Gasteiger partial charge in [0, 0.05) is 22.3 Å². The molecule has 152 valence electrons. The maximum Gasteiger partial charge on any atom is 0.0255 e. The summed E-state index contributed by atoms with van der Waals surface area (Å²) in [6.07, 6.45) is 4.54. The van der Waals surface area contributed by atoms with E-state index in [1.807, 2.05) is 24.3 Å². The maximum absolute atomic E-state index is 3.31. The Hall–Kier alpha value is -4.00. The van der Waals surface area contributed by atoms with Crippen LogP contribution in [0.5, 0.6) is 0 Å². The van der Waals surface area contributed by atoms with Crippen LogP contribution in [0.3, 0.4) is 0 Å². The summed E-state index contributed by atoms with van der Waals surface area (Å²) in [4.78, 5) is 0. The van der Waals surface area contributed by atoms with Gasteiger partial charge in [0.2, 0.25) is 0 Å². The molecule has 0 heteroatoms. The van der Waals surface area contributed by atoms with E-state index >= 15 is 0 Å². The monoisotopic (exact) mass is 408 g/mol. The van der Waals surface area contributed by atoms with Gasteiger partial charge in [0.05, 0.1) is 0 Å². The molecule has 0 heterocycles. The molecule has 0 saturated heterocycles. The Bertz CT molecular complexity index is 1470. The summed E-state index contributed by atoms with van der Waals surface area (Å²) in [6, 6.07) is 27.6. The Balaban J connectivity index is 1.31. The lowest BCUT2D eigenvalue weighted by Gasteiger charge is -2.13. The third-order valence-electron chi connectivity index (χ3n) is 5.92. The summed E-state index contributed by atoms with van der Waals surface area (Å²) in [5, 5.41) is 2.48. The van der Waals surface area contributed by atoms with E-state index in [0.29, 0.717) is 0 Å². The average Bonchev–Trinajstić information content (AvgIpc) is 2.82. The standard InChI is InChI=1S/C32H24/c1-23-3-15-31-21-27(13-17-29(31)19-23)11-9-25-5-7-26(8-6-25)10-12-28-14-18-30-20-24(2)4-16-32(30)22-28/h3,5-8,13-15,17-22H,4,16H2,1-2H3. The van der Waals surface area contributed by atoms with Gasteiger partial charge < -0.3 is 0 Å². The fraction of sp³-hybridized carbons (Fsp3) is 0.125. The summed E-state index contributed by atoms with van der Waals surface area (Å²) in [7, 11) is 0. The molecular formula is C32H24. The minimum absolute atomic E-state index is 0.996. The van der Waals surface area contributed by atoms with Crippen LogP contribution in [0.15, 0.2) is 84.4 Å². The molecule has 0 radical (unpaired) electrons. The van der Waals surface area contributed by atoms with E-state index in [0.717, 1.165) is 35.1 Å². The molecule has 0 atom stereocenters. The van der Waals surface area contributed by atoms with E-state index in [4.69, 9.17) is 0 Å².